The van der Waals surface area contributed by atoms with E-state index in [2.05, 4.69) is 53.3 Å². The van der Waals surface area contributed by atoms with Crippen LogP contribution in [0, 0.1) is 0 Å². The van der Waals surface area contributed by atoms with Crippen molar-refractivity contribution in [2.75, 3.05) is 6.61 Å². The minimum absolute atomic E-state index is 0.117. The first kappa shape index (κ1) is 16.0. The van der Waals surface area contributed by atoms with Gasteiger partial charge < -0.3 is 10.1 Å². The minimum atomic E-state index is 0.117. The quantitative estimate of drug-likeness (QED) is 0.863. The van der Waals surface area contributed by atoms with E-state index in [1.54, 1.807) is 0 Å². The molecule has 1 aromatic carbocycles. The molecule has 0 amide bonds. The summed E-state index contributed by atoms with van der Waals surface area (Å²) in [6.07, 6.45) is 3.96. The number of rotatable bonds is 6. The lowest BCUT2D eigenvalue weighted by atomic mass is 10.1. The molecule has 0 aliphatic heterocycles. The van der Waals surface area contributed by atoms with Crippen molar-refractivity contribution in [1.82, 2.24) is 15.1 Å². The molecule has 1 heterocycles. The van der Waals surface area contributed by atoms with Gasteiger partial charge >= 0.3 is 0 Å². The summed E-state index contributed by atoms with van der Waals surface area (Å²) in [4.78, 5) is 0. The lowest BCUT2D eigenvalue weighted by Crippen LogP contribution is -2.34. The second-order valence-corrected chi connectivity index (χ2v) is 6.94. The highest BCUT2D eigenvalue weighted by Crippen LogP contribution is 2.17. The molecule has 0 radical (unpaired) electrons. The second kappa shape index (κ2) is 7.09. The van der Waals surface area contributed by atoms with Crippen molar-refractivity contribution in [3.63, 3.8) is 0 Å². The highest BCUT2D eigenvalue weighted by Gasteiger charge is 2.09. The van der Waals surface area contributed by atoms with Gasteiger partial charge in [-0.15, -0.1) is 0 Å². The Hall–Kier alpha value is -1.33. The summed E-state index contributed by atoms with van der Waals surface area (Å²) in [5.41, 5.74) is 1.30. The van der Waals surface area contributed by atoms with Crippen LogP contribution in [0.3, 0.4) is 0 Å². The molecule has 0 aliphatic rings. The van der Waals surface area contributed by atoms with Gasteiger partial charge in [-0.05, 0) is 39.0 Å². The van der Waals surface area contributed by atoms with Crippen LogP contribution in [-0.4, -0.2) is 21.9 Å². The zero-order chi connectivity index (χ0) is 15.3. The number of hydrogen-bond donors (Lipinski definition) is 1. The van der Waals surface area contributed by atoms with E-state index in [9.17, 15) is 0 Å². The Balaban J connectivity index is 1.78. The smallest absolute Gasteiger partial charge is 0.120 e. The molecule has 0 spiro atoms. The first-order valence-corrected chi connectivity index (χ1v) is 7.86. The maximum Gasteiger partial charge on any atom is 0.120 e. The van der Waals surface area contributed by atoms with E-state index < -0.39 is 0 Å². The molecule has 0 aliphatic carbocycles. The first-order chi connectivity index (χ1) is 9.92. The Bertz CT molecular complexity index is 575. The van der Waals surface area contributed by atoms with Gasteiger partial charge in [-0.1, -0.05) is 22.0 Å². The third kappa shape index (κ3) is 5.89. The van der Waals surface area contributed by atoms with E-state index in [1.807, 2.05) is 35.1 Å². The van der Waals surface area contributed by atoms with E-state index in [-0.39, 0.29) is 5.54 Å². The zero-order valence-corrected chi connectivity index (χ0v) is 14.4. The number of nitrogens with one attached hydrogen (secondary N) is 1. The molecule has 1 aromatic heterocycles. The van der Waals surface area contributed by atoms with Gasteiger partial charge in [0, 0.05) is 28.3 Å². The molecular weight excluding hydrogens is 330 g/mol. The van der Waals surface area contributed by atoms with E-state index in [1.165, 1.54) is 5.56 Å². The fourth-order valence-corrected chi connectivity index (χ4v) is 2.18. The highest BCUT2D eigenvalue weighted by atomic mass is 79.9. The van der Waals surface area contributed by atoms with Crippen LogP contribution in [0.15, 0.2) is 41.1 Å². The largest absolute Gasteiger partial charge is 0.492 e. The van der Waals surface area contributed by atoms with Crippen molar-refractivity contribution in [2.45, 2.75) is 39.4 Å². The Labute approximate surface area is 134 Å². The van der Waals surface area contributed by atoms with Crippen LogP contribution < -0.4 is 10.1 Å². The van der Waals surface area contributed by atoms with Crippen LogP contribution in [0.4, 0.5) is 0 Å². The molecule has 0 atom stereocenters. The number of nitrogens with zero attached hydrogens (tertiary/aromatic N) is 2. The van der Waals surface area contributed by atoms with Crippen LogP contribution in [0.5, 0.6) is 5.75 Å². The van der Waals surface area contributed by atoms with Gasteiger partial charge in [0.25, 0.3) is 0 Å². The molecule has 0 bridgehead atoms. The summed E-state index contributed by atoms with van der Waals surface area (Å²) in [7, 11) is 0. The van der Waals surface area contributed by atoms with Gasteiger partial charge in [-0.2, -0.15) is 5.10 Å². The maximum atomic E-state index is 5.71. The number of ether oxygens (including phenoxy) is 1. The van der Waals surface area contributed by atoms with Gasteiger partial charge in [0.1, 0.15) is 12.4 Å². The molecular formula is C16H22BrN3O. The molecule has 2 aromatic rings. The summed E-state index contributed by atoms with van der Waals surface area (Å²) < 4.78 is 8.64. The molecule has 21 heavy (non-hydrogen) atoms. The summed E-state index contributed by atoms with van der Waals surface area (Å²) in [5.74, 6) is 0.867. The molecule has 1 N–H and O–H groups in total. The Kier molecular flexibility index (Phi) is 5.42. The van der Waals surface area contributed by atoms with Gasteiger partial charge in [0.05, 0.1) is 12.7 Å². The number of benzene rings is 1. The molecule has 0 saturated heterocycles. The van der Waals surface area contributed by atoms with Gasteiger partial charge in [0.2, 0.25) is 0 Å². The lowest BCUT2D eigenvalue weighted by molar-refractivity contribution is 0.291. The van der Waals surface area contributed by atoms with E-state index >= 15 is 0 Å². The van der Waals surface area contributed by atoms with Crippen LogP contribution in [-0.2, 0) is 13.1 Å². The molecule has 114 valence electrons. The molecule has 0 saturated carbocycles. The summed E-state index contributed by atoms with van der Waals surface area (Å²) in [6, 6.07) is 7.85. The van der Waals surface area contributed by atoms with E-state index in [0.717, 1.165) is 23.3 Å². The van der Waals surface area contributed by atoms with E-state index in [0.29, 0.717) is 6.61 Å². The van der Waals surface area contributed by atoms with Crippen molar-refractivity contribution in [2.24, 2.45) is 0 Å². The molecule has 0 fully saturated rings. The molecule has 2 rings (SSSR count). The summed E-state index contributed by atoms with van der Waals surface area (Å²) >= 11 is 3.43. The monoisotopic (exact) mass is 351 g/mol. The average Bonchev–Trinajstić information content (AvgIpc) is 2.84. The highest BCUT2D eigenvalue weighted by molar-refractivity contribution is 9.10. The van der Waals surface area contributed by atoms with Crippen LogP contribution in [0.2, 0.25) is 0 Å². The van der Waals surface area contributed by atoms with Crippen LogP contribution >= 0.6 is 15.9 Å². The van der Waals surface area contributed by atoms with Crippen molar-refractivity contribution in [1.29, 1.82) is 0 Å². The minimum Gasteiger partial charge on any atom is -0.492 e. The predicted molar refractivity (Wildman–Crippen MR) is 88.5 cm³/mol. The maximum absolute atomic E-state index is 5.71. The second-order valence-electron chi connectivity index (χ2n) is 6.02. The van der Waals surface area contributed by atoms with Gasteiger partial charge in [-0.25, -0.2) is 0 Å². The van der Waals surface area contributed by atoms with Crippen molar-refractivity contribution >= 4 is 15.9 Å². The Morgan fingerprint density at radius 2 is 2.14 bits per heavy atom. The molecule has 0 unspecified atom stereocenters. The fraction of sp³-hybridized carbons (Fsp3) is 0.438. The van der Waals surface area contributed by atoms with Crippen molar-refractivity contribution in [3.05, 3.63) is 46.7 Å². The molecule has 4 nitrogen and oxygen atoms in total. The standard InChI is InChI=1S/C16H22BrN3O/c1-16(2,3)18-10-13-11-19-20(12-13)7-8-21-15-6-4-5-14(17)9-15/h4-6,9,11-12,18H,7-8,10H2,1-3H3. The third-order valence-corrected chi connectivity index (χ3v) is 3.39. The van der Waals surface area contributed by atoms with Gasteiger partial charge in [-0.3, -0.25) is 4.68 Å². The summed E-state index contributed by atoms with van der Waals surface area (Å²) in [5, 5.41) is 7.80. The predicted octanol–water partition coefficient (Wildman–Crippen LogP) is 3.61. The average molecular weight is 352 g/mol. The van der Waals surface area contributed by atoms with Gasteiger partial charge in [0.15, 0.2) is 0 Å². The van der Waals surface area contributed by atoms with Crippen molar-refractivity contribution in [3.8, 4) is 5.75 Å². The van der Waals surface area contributed by atoms with E-state index in [4.69, 9.17) is 4.74 Å². The van der Waals surface area contributed by atoms with Crippen LogP contribution in [0.25, 0.3) is 0 Å². The third-order valence-electron chi connectivity index (χ3n) is 2.89. The van der Waals surface area contributed by atoms with Crippen molar-refractivity contribution < 1.29 is 4.74 Å². The summed E-state index contributed by atoms with van der Waals surface area (Å²) in [6.45, 7) is 8.64. The fourth-order valence-electron chi connectivity index (χ4n) is 1.80. The zero-order valence-electron chi connectivity index (χ0n) is 12.8. The number of halogens is 1. The number of hydrogen-bond acceptors (Lipinski definition) is 3. The van der Waals surface area contributed by atoms with Crippen LogP contribution in [0.1, 0.15) is 26.3 Å². The first-order valence-electron chi connectivity index (χ1n) is 7.07. The Morgan fingerprint density at radius 3 is 2.86 bits per heavy atom. The topological polar surface area (TPSA) is 39.1 Å². The molecule has 5 heteroatoms. The SMILES string of the molecule is CC(C)(C)NCc1cnn(CCOc2cccc(Br)c2)c1. The lowest BCUT2D eigenvalue weighted by Gasteiger charge is -2.19. The normalized spacial score (nSPS) is 11.6. The number of aromatic nitrogens is 2. The Morgan fingerprint density at radius 1 is 1.33 bits per heavy atom.